The second-order valence-corrected chi connectivity index (χ2v) is 3.65. The van der Waals surface area contributed by atoms with Gasteiger partial charge in [0.25, 0.3) is 0 Å². The molecule has 0 aliphatic heterocycles. The Morgan fingerprint density at radius 2 is 1.78 bits per heavy atom. The zero-order valence-corrected chi connectivity index (χ0v) is 9.69. The average Bonchev–Trinajstić information content (AvgIpc) is 2.35. The van der Waals surface area contributed by atoms with Gasteiger partial charge in [0, 0.05) is 12.6 Å². The van der Waals surface area contributed by atoms with Crippen LogP contribution >= 0.6 is 0 Å². The summed E-state index contributed by atoms with van der Waals surface area (Å²) in [5.74, 6) is -7.43. The highest BCUT2D eigenvalue weighted by Crippen LogP contribution is 2.24. The number of hydrogen-bond donors (Lipinski definition) is 1. The van der Waals surface area contributed by atoms with Crippen LogP contribution in [0.2, 0.25) is 0 Å². The highest BCUT2D eigenvalue weighted by Gasteiger charge is 2.20. The van der Waals surface area contributed by atoms with Crippen molar-refractivity contribution in [3.63, 3.8) is 0 Å². The summed E-state index contributed by atoms with van der Waals surface area (Å²) in [4.78, 5) is 11.0. The van der Waals surface area contributed by atoms with Crippen LogP contribution in [-0.2, 0) is 9.53 Å². The summed E-state index contributed by atoms with van der Waals surface area (Å²) in [5.41, 5.74) is -0.941. The summed E-state index contributed by atoms with van der Waals surface area (Å²) in [6, 6.07) is 0.111. The molecule has 0 aliphatic carbocycles. The Kier molecular flexibility index (Phi) is 4.52. The fraction of sp³-hybridized carbons (Fsp3) is 0.364. The maximum absolute atomic E-state index is 13.2. The van der Waals surface area contributed by atoms with E-state index in [0.717, 1.165) is 7.11 Å². The van der Waals surface area contributed by atoms with Crippen molar-refractivity contribution >= 4 is 11.7 Å². The summed E-state index contributed by atoms with van der Waals surface area (Å²) >= 11 is 0. The molecule has 1 aromatic rings. The first-order chi connectivity index (χ1) is 8.38. The molecule has 0 heterocycles. The van der Waals surface area contributed by atoms with Gasteiger partial charge >= 0.3 is 5.97 Å². The predicted octanol–water partition coefficient (Wildman–Crippen LogP) is 2.46. The van der Waals surface area contributed by atoms with Gasteiger partial charge in [-0.25, -0.2) is 17.6 Å². The molecule has 1 rings (SSSR count). The van der Waals surface area contributed by atoms with Crippen LogP contribution in [0.15, 0.2) is 6.07 Å². The van der Waals surface area contributed by atoms with Crippen molar-refractivity contribution in [2.45, 2.75) is 6.92 Å². The first kappa shape index (κ1) is 14.3. The SMILES string of the molecule is COC(=O)C(C)CNc1c(F)c(F)cc(F)c1F. The van der Waals surface area contributed by atoms with Gasteiger partial charge < -0.3 is 10.1 Å². The molecule has 0 spiro atoms. The smallest absolute Gasteiger partial charge is 0.310 e. The summed E-state index contributed by atoms with van der Waals surface area (Å²) in [7, 11) is 1.15. The molecule has 0 radical (unpaired) electrons. The Hall–Kier alpha value is -1.79. The molecular formula is C11H11F4NO2. The van der Waals surface area contributed by atoms with E-state index < -0.39 is 40.8 Å². The van der Waals surface area contributed by atoms with Gasteiger partial charge in [0.1, 0.15) is 5.69 Å². The van der Waals surface area contributed by atoms with E-state index in [1.54, 1.807) is 0 Å². The Labute approximate surface area is 101 Å². The quantitative estimate of drug-likeness (QED) is 0.516. The lowest BCUT2D eigenvalue weighted by Gasteiger charge is -2.13. The predicted molar refractivity (Wildman–Crippen MR) is 55.9 cm³/mol. The van der Waals surface area contributed by atoms with Crippen LogP contribution in [0.5, 0.6) is 0 Å². The fourth-order valence-electron chi connectivity index (χ4n) is 1.27. The van der Waals surface area contributed by atoms with Crippen LogP contribution in [-0.4, -0.2) is 19.6 Å². The van der Waals surface area contributed by atoms with Gasteiger partial charge in [-0.15, -0.1) is 0 Å². The number of hydrogen-bond acceptors (Lipinski definition) is 3. The van der Waals surface area contributed by atoms with Crippen LogP contribution in [0.4, 0.5) is 23.2 Å². The van der Waals surface area contributed by atoms with Gasteiger partial charge in [0.2, 0.25) is 0 Å². The van der Waals surface area contributed by atoms with E-state index in [0.29, 0.717) is 0 Å². The average molecular weight is 265 g/mol. The van der Waals surface area contributed by atoms with Crippen LogP contribution in [0.1, 0.15) is 6.92 Å². The lowest BCUT2D eigenvalue weighted by Crippen LogP contribution is -2.22. The van der Waals surface area contributed by atoms with Crippen LogP contribution in [0, 0.1) is 29.2 Å². The zero-order chi connectivity index (χ0) is 13.9. The molecule has 7 heteroatoms. The largest absolute Gasteiger partial charge is 0.469 e. The van der Waals surface area contributed by atoms with Crippen LogP contribution < -0.4 is 5.32 Å². The minimum Gasteiger partial charge on any atom is -0.469 e. The molecule has 100 valence electrons. The molecule has 0 saturated carbocycles. The Morgan fingerprint density at radius 3 is 2.22 bits per heavy atom. The van der Waals surface area contributed by atoms with E-state index in [2.05, 4.69) is 10.1 Å². The number of methoxy groups -OCH3 is 1. The molecule has 18 heavy (non-hydrogen) atoms. The highest BCUT2D eigenvalue weighted by molar-refractivity contribution is 5.72. The van der Waals surface area contributed by atoms with Crippen molar-refractivity contribution in [1.82, 2.24) is 0 Å². The van der Waals surface area contributed by atoms with Crippen LogP contribution in [0.3, 0.4) is 0 Å². The third kappa shape index (κ3) is 2.91. The molecule has 0 amide bonds. The standard InChI is InChI=1S/C11H11F4NO2/c1-5(11(17)18-2)4-16-10-8(14)6(12)3-7(13)9(10)15/h3,5,16H,4H2,1-2H3. The maximum atomic E-state index is 13.2. The molecular weight excluding hydrogens is 254 g/mol. The summed E-state index contributed by atoms with van der Waals surface area (Å²) in [5, 5.41) is 2.15. The molecule has 3 nitrogen and oxygen atoms in total. The summed E-state index contributed by atoms with van der Waals surface area (Å²) in [6.07, 6.45) is 0. The molecule has 1 aromatic carbocycles. The minimum atomic E-state index is -1.54. The van der Waals surface area contributed by atoms with E-state index in [1.165, 1.54) is 6.92 Å². The third-order valence-electron chi connectivity index (χ3n) is 2.30. The minimum absolute atomic E-state index is 0.111. The number of carbonyl (C=O) groups excluding carboxylic acids is 1. The Bertz CT molecular complexity index is 439. The molecule has 0 bridgehead atoms. The lowest BCUT2D eigenvalue weighted by molar-refractivity contribution is -0.144. The van der Waals surface area contributed by atoms with E-state index in [4.69, 9.17) is 0 Å². The molecule has 1 N–H and O–H groups in total. The van der Waals surface area contributed by atoms with Crippen molar-refractivity contribution in [1.29, 1.82) is 0 Å². The van der Waals surface area contributed by atoms with Crippen molar-refractivity contribution in [2.24, 2.45) is 5.92 Å². The normalized spacial score (nSPS) is 12.1. The first-order valence-electron chi connectivity index (χ1n) is 5.03. The topological polar surface area (TPSA) is 38.3 Å². The second-order valence-electron chi connectivity index (χ2n) is 3.65. The monoisotopic (exact) mass is 265 g/mol. The summed E-state index contributed by atoms with van der Waals surface area (Å²) in [6.45, 7) is 1.22. The molecule has 0 fully saturated rings. The fourth-order valence-corrected chi connectivity index (χ4v) is 1.27. The van der Waals surface area contributed by atoms with Crippen molar-refractivity contribution in [2.75, 3.05) is 19.0 Å². The molecule has 1 atom stereocenters. The number of nitrogens with one attached hydrogen (secondary N) is 1. The van der Waals surface area contributed by atoms with Gasteiger partial charge in [-0.1, -0.05) is 6.92 Å². The molecule has 0 aromatic heterocycles. The van der Waals surface area contributed by atoms with Gasteiger partial charge in [-0.05, 0) is 0 Å². The van der Waals surface area contributed by atoms with Gasteiger partial charge in [-0.3, -0.25) is 4.79 Å². The number of halogens is 4. The van der Waals surface area contributed by atoms with Gasteiger partial charge in [-0.2, -0.15) is 0 Å². The third-order valence-corrected chi connectivity index (χ3v) is 2.30. The summed E-state index contributed by atoms with van der Waals surface area (Å²) < 4.78 is 56.5. The number of carbonyl (C=O) groups is 1. The van der Waals surface area contributed by atoms with Crippen molar-refractivity contribution in [3.05, 3.63) is 29.3 Å². The number of rotatable bonds is 4. The van der Waals surface area contributed by atoms with E-state index in [1.807, 2.05) is 0 Å². The molecule has 0 saturated heterocycles. The number of anilines is 1. The number of benzene rings is 1. The van der Waals surface area contributed by atoms with E-state index in [-0.39, 0.29) is 12.6 Å². The van der Waals surface area contributed by atoms with E-state index >= 15 is 0 Å². The van der Waals surface area contributed by atoms with Crippen molar-refractivity contribution < 1.29 is 27.1 Å². The van der Waals surface area contributed by atoms with Gasteiger partial charge in [0.15, 0.2) is 23.3 Å². The highest BCUT2D eigenvalue weighted by atomic mass is 19.2. The second kappa shape index (κ2) is 5.70. The zero-order valence-electron chi connectivity index (χ0n) is 9.69. The molecule has 1 unspecified atom stereocenters. The number of ether oxygens (including phenoxy) is 1. The number of esters is 1. The molecule has 0 aliphatic rings. The van der Waals surface area contributed by atoms with E-state index in [9.17, 15) is 22.4 Å². The Morgan fingerprint density at radius 1 is 1.28 bits per heavy atom. The van der Waals surface area contributed by atoms with Crippen molar-refractivity contribution in [3.8, 4) is 0 Å². The maximum Gasteiger partial charge on any atom is 0.310 e. The lowest BCUT2D eigenvalue weighted by atomic mass is 10.1. The first-order valence-corrected chi connectivity index (χ1v) is 5.03. The van der Waals surface area contributed by atoms with Gasteiger partial charge in [0.05, 0.1) is 13.0 Å². The Balaban J connectivity index is 2.88. The van der Waals surface area contributed by atoms with Crippen LogP contribution in [0.25, 0.3) is 0 Å².